The van der Waals surface area contributed by atoms with E-state index in [0.29, 0.717) is 0 Å². The van der Waals surface area contributed by atoms with Gasteiger partial charge in [0.05, 0.1) is 0 Å². The van der Waals surface area contributed by atoms with Crippen LogP contribution in [0.15, 0.2) is 53.6 Å². The molecule has 1 aromatic rings. The van der Waals surface area contributed by atoms with E-state index in [1.807, 2.05) is 25.2 Å². The van der Waals surface area contributed by atoms with E-state index in [-0.39, 0.29) is 0 Å². The van der Waals surface area contributed by atoms with Gasteiger partial charge < -0.3 is 0 Å². The Bertz CT molecular complexity index is 411. The second kappa shape index (κ2) is 5.72. The van der Waals surface area contributed by atoms with E-state index in [2.05, 4.69) is 53.7 Å². The van der Waals surface area contributed by atoms with Crippen LogP contribution in [0.5, 0.6) is 0 Å². The fourth-order valence-corrected chi connectivity index (χ4v) is 1.73. The zero-order chi connectivity index (χ0) is 11.3. The molecule has 0 aliphatic carbocycles. The van der Waals surface area contributed by atoms with E-state index in [1.54, 1.807) is 0 Å². The molecular formula is C14H15Br. The van der Waals surface area contributed by atoms with Crippen LogP contribution in [-0.2, 0) is 0 Å². The fraction of sp³-hybridized carbons (Fsp3) is 0.143. The lowest BCUT2D eigenvalue weighted by atomic mass is 10.0. The Morgan fingerprint density at radius 1 is 1.40 bits per heavy atom. The summed E-state index contributed by atoms with van der Waals surface area (Å²) in [5, 5.41) is 0. The molecule has 78 valence electrons. The van der Waals surface area contributed by atoms with Gasteiger partial charge in [0.2, 0.25) is 0 Å². The van der Waals surface area contributed by atoms with Crippen molar-refractivity contribution in [1.82, 2.24) is 0 Å². The first-order valence-corrected chi connectivity index (χ1v) is 5.70. The maximum Gasteiger partial charge on any atom is 0.0181 e. The van der Waals surface area contributed by atoms with Gasteiger partial charge >= 0.3 is 0 Å². The number of aryl methyl sites for hydroxylation is 1. The third kappa shape index (κ3) is 3.21. The standard InChI is InChI=1S/C14H15Br/c1-4-6-7-12(5-2)14-10-13(15)9-8-11(14)3/h4-10H,2H2,1,3H3/b6-4-,12-7+. The van der Waals surface area contributed by atoms with Crippen molar-refractivity contribution in [3.05, 3.63) is 64.7 Å². The van der Waals surface area contributed by atoms with Crippen molar-refractivity contribution in [1.29, 1.82) is 0 Å². The summed E-state index contributed by atoms with van der Waals surface area (Å²) in [5.74, 6) is 0. The Labute approximate surface area is 100 Å². The lowest BCUT2D eigenvalue weighted by molar-refractivity contribution is 1.41. The number of benzene rings is 1. The zero-order valence-electron chi connectivity index (χ0n) is 9.13. The van der Waals surface area contributed by atoms with Gasteiger partial charge in [-0.25, -0.2) is 0 Å². The Morgan fingerprint density at radius 2 is 2.13 bits per heavy atom. The molecule has 0 aliphatic rings. The molecule has 0 saturated heterocycles. The highest BCUT2D eigenvalue weighted by Crippen LogP contribution is 2.23. The number of hydrogen-bond acceptors (Lipinski definition) is 0. The molecule has 0 heterocycles. The van der Waals surface area contributed by atoms with Crippen molar-refractivity contribution in [2.75, 3.05) is 0 Å². The van der Waals surface area contributed by atoms with Gasteiger partial charge in [-0.05, 0) is 42.7 Å². The van der Waals surface area contributed by atoms with Gasteiger partial charge in [0.1, 0.15) is 0 Å². The predicted octanol–water partition coefficient (Wildman–Crippen LogP) is 4.90. The maximum atomic E-state index is 3.84. The van der Waals surface area contributed by atoms with E-state index >= 15 is 0 Å². The quantitative estimate of drug-likeness (QED) is 0.680. The third-order valence-corrected chi connectivity index (χ3v) is 2.69. The molecule has 0 saturated carbocycles. The second-order valence-electron chi connectivity index (χ2n) is 3.31. The summed E-state index contributed by atoms with van der Waals surface area (Å²) in [5.41, 5.74) is 3.62. The Hall–Kier alpha value is -1.08. The summed E-state index contributed by atoms with van der Waals surface area (Å²) < 4.78 is 1.09. The van der Waals surface area contributed by atoms with E-state index in [1.165, 1.54) is 11.1 Å². The highest BCUT2D eigenvalue weighted by Gasteiger charge is 2.01. The minimum absolute atomic E-state index is 1.09. The molecule has 0 nitrogen and oxygen atoms in total. The van der Waals surface area contributed by atoms with Crippen LogP contribution < -0.4 is 0 Å². The molecule has 1 rings (SSSR count). The lowest BCUT2D eigenvalue weighted by Gasteiger charge is -2.06. The van der Waals surface area contributed by atoms with Crippen LogP contribution in [0.1, 0.15) is 18.1 Å². The van der Waals surface area contributed by atoms with E-state index in [9.17, 15) is 0 Å². The molecule has 0 amide bonds. The van der Waals surface area contributed by atoms with Crippen LogP contribution in [-0.4, -0.2) is 0 Å². The largest absolute Gasteiger partial charge is 0.0984 e. The van der Waals surface area contributed by atoms with Crippen molar-refractivity contribution >= 4 is 21.5 Å². The highest BCUT2D eigenvalue weighted by atomic mass is 79.9. The minimum Gasteiger partial charge on any atom is -0.0984 e. The maximum absolute atomic E-state index is 3.84. The summed E-state index contributed by atoms with van der Waals surface area (Å²) >= 11 is 3.48. The normalized spacial score (nSPS) is 12.1. The van der Waals surface area contributed by atoms with Crippen LogP contribution in [0, 0.1) is 6.92 Å². The van der Waals surface area contributed by atoms with Crippen LogP contribution in [0.25, 0.3) is 5.57 Å². The van der Waals surface area contributed by atoms with Gasteiger partial charge in [0.15, 0.2) is 0 Å². The van der Waals surface area contributed by atoms with Crippen LogP contribution in [0.2, 0.25) is 0 Å². The Morgan fingerprint density at radius 3 is 2.73 bits per heavy atom. The smallest absolute Gasteiger partial charge is 0.0181 e. The van der Waals surface area contributed by atoms with Gasteiger partial charge in [-0.1, -0.05) is 52.9 Å². The Kier molecular flexibility index (Phi) is 4.57. The SMILES string of the molecule is C=C/C(=C\C=C/C)c1cc(Br)ccc1C. The first-order valence-electron chi connectivity index (χ1n) is 4.91. The molecule has 0 spiro atoms. The zero-order valence-corrected chi connectivity index (χ0v) is 10.7. The van der Waals surface area contributed by atoms with Crippen molar-refractivity contribution in [2.45, 2.75) is 13.8 Å². The molecule has 0 bridgehead atoms. The monoisotopic (exact) mass is 262 g/mol. The highest BCUT2D eigenvalue weighted by molar-refractivity contribution is 9.10. The molecule has 0 fully saturated rings. The molecule has 0 atom stereocenters. The predicted molar refractivity (Wildman–Crippen MR) is 71.9 cm³/mol. The molecule has 1 heteroatoms. The van der Waals surface area contributed by atoms with E-state index < -0.39 is 0 Å². The van der Waals surface area contributed by atoms with Crippen molar-refractivity contribution < 1.29 is 0 Å². The summed E-state index contributed by atoms with van der Waals surface area (Å²) in [6.45, 7) is 7.95. The lowest BCUT2D eigenvalue weighted by Crippen LogP contribution is -1.86. The Balaban J connectivity index is 3.23. The van der Waals surface area contributed by atoms with Gasteiger partial charge in [0, 0.05) is 4.47 Å². The van der Waals surface area contributed by atoms with Gasteiger partial charge in [-0.3, -0.25) is 0 Å². The summed E-state index contributed by atoms with van der Waals surface area (Å²) in [4.78, 5) is 0. The van der Waals surface area contributed by atoms with Gasteiger partial charge in [0.25, 0.3) is 0 Å². The molecule has 1 aromatic carbocycles. The molecule has 15 heavy (non-hydrogen) atoms. The van der Waals surface area contributed by atoms with Gasteiger partial charge in [-0.15, -0.1) is 0 Å². The molecular weight excluding hydrogens is 248 g/mol. The van der Waals surface area contributed by atoms with E-state index in [4.69, 9.17) is 0 Å². The number of halogens is 1. The molecule has 0 radical (unpaired) electrons. The van der Waals surface area contributed by atoms with E-state index in [0.717, 1.165) is 10.0 Å². The average Bonchev–Trinajstić information content (AvgIpc) is 2.24. The minimum atomic E-state index is 1.09. The number of rotatable bonds is 3. The molecule has 0 N–H and O–H groups in total. The van der Waals surface area contributed by atoms with Crippen molar-refractivity contribution in [3.8, 4) is 0 Å². The first-order chi connectivity index (χ1) is 7.19. The second-order valence-corrected chi connectivity index (χ2v) is 4.23. The summed E-state index contributed by atoms with van der Waals surface area (Å²) in [6.07, 6.45) is 7.99. The van der Waals surface area contributed by atoms with Crippen LogP contribution in [0.3, 0.4) is 0 Å². The topological polar surface area (TPSA) is 0 Å². The average molecular weight is 263 g/mol. The first kappa shape index (κ1) is 12.0. The summed E-state index contributed by atoms with van der Waals surface area (Å²) in [7, 11) is 0. The van der Waals surface area contributed by atoms with Crippen molar-refractivity contribution in [3.63, 3.8) is 0 Å². The van der Waals surface area contributed by atoms with Gasteiger partial charge in [-0.2, -0.15) is 0 Å². The van der Waals surface area contributed by atoms with Crippen molar-refractivity contribution in [2.24, 2.45) is 0 Å². The third-order valence-electron chi connectivity index (χ3n) is 2.20. The van der Waals surface area contributed by atoms with Crippen LogP contribution >= 0.6 is 15.9 Å². The summed E-state index contributed by atoms with van der Waals surface area (Å²) in [6, 6.07) is 6.27. The molecule has 0 aliphatic heterocycles. The number of allylic oxidation sites excluding steroid dienone is 5. The number of hydrogen-bond donors (Lipinski definition) is 0. The molecule has 0 unspecified atom stereocenters. The fourth-order valence-electron chi connectivity index (χ4n) is 1.37. The molecule has 0 aromatic heterocycles. The van der Waals surface area contributed by atoms with Crippen LogP contribution in [0.4, 0.5) is 0 Å².